The summed E-state index contributed by atoms with van der Waals surface area (Å²) >= 11 is 0. The Morgan fingerprint density at radius 2 is 2.08 bits per heavy atom. The van der Waals surface area contributed by atoms with E-state index in [9.17, 15) is 4.79 Å². The fourth-order valence-corrected chi connectivity index (χ4v) is 4.58. The lowest BCUT2D eigenvalue weighted by Gasteiger charge is -2.31. The highest BCUT2D eigenvalue weighted by molar-refractivity contribution is 5.75. The lowest BCUT2D eigenvalue weighted by molar-refractivity contribution is 0.133. The summed E-state index contributed by atoms with van der Waals surface area (Å²) < 4.78 is 11.9. The molecule has 1 heterocycles. The number of carbonyl (C=O) groups is 1. The summed E-state index contributed by atoms with van der Waals surface area (Å²) in [5.74, 6) is 3.50. The number of ether oxygens (including phenoxy) is 2. The van der Waals surface area contributed by atoms with E-state index in [1.807, 2.05) is 13.1 Å². The molecule has 1 aromatic carbocycles. The van der Waals surface area contributed by atoms with Crippen molar-refractivity contribution in [2.75, 3.05) is 27.2 Å². The highest BCUT2D eigenvalue weighted by atomic mass is 16.5. The second-order valence-corrected chi connectivity index (χ2v) is 7.50. The minimum absolute atomic E-state index is 0.00165. The van der Waals surface area contributed by atoms with Crippen molar-refractivity contribution in [2.24, 2.45) is 11.8 Å². The minimum Gasteiger partial charge on any atom is -0.493 e. The number of nitrogens with one attached hydrogen (secondary N) is 1. The number of carbonyl (C=O) groups excluding carboxylic acids is 1. The molecule has 3 fully saturated rings. The Morgan fingerprint density at radius 3 is 2.75 bits per heavy atom. The van der Waals surface area contributed by atoms with E-state index in [2.05, 4.69) is 17.4 Å². The SMILES string of the molecule is COc1ccc(C2CNC(=O)N(C)C2)cc1O[C@H]1C[C@@H]2CC[C@H]1C2. The maximum absolute atomic E-state index is 11.6. The van der Waals surface area contributed by atoms with E-state index in [0.717, 1.165) is 24.0 Å². The van der Waals surface area contributed by atoms with Gasteiger partial charge in [-0.1, -0.05) is 6.07 Å². The molecular weight excluding hydrogens is 304 g/mol. The first-order valence-electron chi connectivity index (χ1n) is 8.97. The van der Waals surface area contributed by atoms with Crippen molar-refractivity contribution in [2.45, 2.75) is 37.7 Å². The van der Waals surface area contributed by atoms with E-state index >= 15 is 0 Å². The molecule has 2 amide bonds. The van der Waals surface area contributed by atoms with Gasteiger partial charge in [0.05, 0.1) is 7.11 Å². The molecule has 5 heteroatoms. The average Bonchev–Trinajstić information content (AvgIpc) is 3.20. The van der Waals surface area contributed by atoms with Gasteiger partial charge < -0.3 is 19.7 Å². The Hall–Kier alpha value is -1.91. The summed E-state index contributed by atoms with van der Waals surface area (Å²) in [6.07, 6.45) is 5.51. The largest absolute Gasteiger partial charge is 0.493 e. The molecule has 1 N–H and O–H groups in total. The lowest BCUT2D eigenvalue weighted by Crippen LogP contribution is -2.48. The normalized spacial score (nSPS) is 31.9. The van der Waals surface area contributed by atoms with Crippen LogP contribution in [0.15, 0.2) is 18.2 Å². The number of benzene rings is 1. The first-order chi connectivity index (χ1) is 11.6. The predicted octanol–water partition coefficient (Wildman–Crippen LogP) is 3.00. The summed E-state index contributed by atoms with van der Waals surface area (Å²) in [5.41, 5.74) is 1.20. The van der Waals surface area contributed by atoms with E-state index in [0.29, 0.717) is 18.6 Å². The van der Waals surface area contributed by atoms with Crippen molar-refractivity contribution >= 4 is 6.03 Å². The second-order valence-electron chi connectivity index (χ2n) is 7.50. The lowest BCUT2D eigenvalue weighted by atomic mass is 9.96. The molecule has 2 saturated carbocycles. The van der Waals surface area contributed by atoms with E-state index in [1.54, 1.807) is 12.0 Å². The molecule has 0 aromatic heterocycles. The van der Waals surface area contributed by atoms with Crippen molar-refractivity contribution in [1.29, 1.82) is 0 Å². The molecule has 1 unspecified atom stereocenters. The number of hydrogen-bond acceptors (Lipinski definition) is 3. The van der Waals surface area contributed by atoms with Crippen LogP contribution in [0.5, 0.6) is 11.5 Å². The Balaban J connectivity index is 1.53. The molecule has 2 bridgehead atoms. The van der Waals surface area contributed by atoms with Gasteiger partial charge in [0.2, 0.25) is 0 Å². The van der Waals surface area contributed by atoms with Gasteiger partial charge in [-0.15, -0.1) is 0 Å². The third kappa shape index (κ3) is 2.80. The topological polar surface area (TPSA) is 50.8 Å². The maximum Gasteiger partial charge on any atom is 0.317 e. The molecule has 24 heavy (non-hydrogen) atoms. The van der Waals surface area contributed by atoms with Crippen LogP contribution in [0.25, 0.3) is 0 Å². The van der Waals surface area contributed by atoms with Gasteiger partial charge in [0.1, 0.15) is 6.10 Å². The average molecular weight is 330 g/mol. The van der Waals surface area contributed by atoms with Gasteiger partial charge in [0, 0.05) is 26.1 Å². The Labute approximate surface area is 143 Å². The number of likely N-dealkylation sites (N-methyl/N-ethyl adjacent to an activating group) is 1. The minimum atomic E-state index is -0.00165. The van der Waals surface area contributed by atoms with Crippen molar-refractivity contribution in [3.8, 4) is 11.5 Å². The van der Waals surface area contributed by atoms with Crippen LogP contribution in [0.1, 0.15) is 37.2 Å². The standard InChI is InChI=1S/C19H26N2O3/c1-21-11-15(10-20-19(21)22)13-5-6-16(23-2)18(9-13)24-17-8-12-3-4-14(17)7-12/h5-6,9,12,14-15,17H,3-4,7-8,10-11H2,1-2H3,(H,20,22)/t12-,14+,15?,17+/m1/s1. The first kappa shape index (κ1) is 15.6. The van der Waals surface area contributed by atoms with Crippen LogP contribution >= 0.6 is 0 Å². The van der Waals surface area contributed by atoms with Crippen LogP contribution in [0.2, 0.25) is 0 Å². The van der Waals surface area contributed by atoms with Gasteiger partial charge in [0.25, 0.3) is 0 Å². The summed E-state index contributed by atoms with van der Waals surface area (Å²) in [6.45, 7) is 1.40. The molecule has 130 valence electrons. The number of amides is 2. The first-order valence-corrected chi connectivity index (χ1v) is 8.97. The second kappa shape index (κ2) is 6.19. The molecule has 2 aliphatic carbocycles. The molecule has 1 aliphatic heterocycles. The molecule has 4 atom stereocenters. The monoisotopic (exact) mass is 330 g/mol. The van der Waals surface area contributed by atoms with Gasteiger partial charge in [-0.3, -0.25) is 0 Å². The summed E-state index contributed by atoms with van der Waals surface area (Å²) in [4.78, 5) is 13.3. The van der Waals surface area contributed by atoms with Crippen LogP contribution in [-0.4, -0.2) is 44.3 Å². The molecule has 1 aromatic rings. The fourth-order valence-electron chi connectivity index (χ4n) is 4.58. The van der Waals surface area contributed by atoms with Crippen LogP contribution in [0, 0.1) is 11.8 Å². The number of urea groups is 1. The zero-order valence-corrected chi connectivity index (χ0v) is 14.5. The Morgan fingerprint density at radius 1 is 1.21 bits per heavy atom. The highest BCUT2D eigenvalue weighted by Crippen LogP contribution is 2.47. The Bertz CT molecular complexity index is 633. The van der Waals surface area contributed by atoms with Crippen molar-refractivity contribution < 1.29 is 14.3 Å². The van der Waals surface area contributed by atoms with Gasteiger partial charge in [-0.2, -0.15) is 0 Å². The van der Waals surface area contributed by atoms with Crippen molar-refractivity contribution in [3.05, 3.63) is 23.8 Å². The van der Waals surface area contributed by atoms with Crippen molar-refractivity contribution in [1.82, 2.24) is 10.2 Å². The molecule has 1 saturated heterocycles. The maximum atomic E-state index is 11.6. The zero-order valence-electron chi connectivity index (χ0n) is 14.5. The predicted molar refractivity (Wildman–Crippen MR) is 91.6 cm³/mol. The van der Waals surface area contributed by atoms with E-state index in [-0.39, 0.29) is 11.9 Å². The smallest absolute Gasteiger partial charge is 0.317 e. The van der Waals surface area contributed by atoms with Crippen LogP contribution < -0.4 is 14.8 Å². The molecule has 3 aliphatic rings. The summed E-state index contributed by atoms with van der Waals surface area (Å²) in [6, 6.07) is 6.19. The number of nitrogens with zero attached hydrogens (tertiary/aromatic N) is 1. The number of methoxy groups -OCH3 is 1. The quantitative estimate of drug-likeness (QED) is 0.923. The van der Waals surface area contributed by atoms with Crippen LogP contribution in [-0.2, 0) is 0 Å². The van der Waals surface area contributed by atoms with Crippen LogP contribution in [0.3, 0.4) is 0 Å². The molecular formula is C19H26N2O3. The number of fused-ring (bicyclic) bond motifs is 2. The van der Waals surface area contributed by atoms with Crippen LogP contribution in [0.4, 0.5) is 4.79 Å². The van der Waals surface area contributed by atoms with E-state index in [4.69, 9.17) is 9.47 Å². The number of rotatable bonds is 4. The van der Waals surface area contributed by atoms with Gasteiger partial charge in [0.15, 0.2) is 11.5 Å². The van der Waals surface area contributed by atoms with E-state index < -0.39 is 0 Å². The molecule has 4 rings (SSSR count). The fraction of sp³-hybridized carbons (Fsp3) is 0.632. The molecule has 0 spiro atoms. The highest BCUT2D eigenvalue weighted by Gasteiger charge is 2.41. The summed E-state index contributed by atoms with van der Waals surface area (Å²) in [5, 5.41) is 2.94. The Kier molecular flexibility index (Phi) is 4.02. The number of hydrogen-bond donors (Lipinski definition) is 1. The van der Waals surface area contributed by atoms with E-state index in [1.165, 1.54) is 31.2 Å². The van der Waals surface area contributed by atoms with Gasteiger partial charge >= 0.3 is 6.03 Å². The third-order valence-electron chi connectivity index (χ3n) is 5.95. The third-order valence-corrected chi connectivity index (χ3v) is 5.95. The molecule has 5 nitrogen and oxygen atoms in total. The molecule has 0 radical (unpaired) electrons. The summed E-state index contributed by atoms with van der Waals surface area (Å²) in [7, 11) is 3.52. The van der Waals surface area contributed by atoms with Crippen molar-refractivity contribution in [3.63, 3.8) is 0 Å². The van der Waals surface area contributed by atoms with Gasteiger partial charge in [-0.05, 0) is 55.2 Å². The van der Waals surface area contributed by atoms with Gasteiger partial charge in [-0.25, -0.2) is 4.79 Å². The zero-order chi connectivity index (χ0) is 16.7.